The van der Waals surface area contributed by atoms with Crippen molar-refractivity contribution in [2.24, 2.45) is 11.8 Å². The van der Waals surface area contributed by atoms with Gasteiger partial charge >= 0.3 is 5.97 Å². The SMILES string of the molecule is Cc1c(Cl)ccc2c1NC(=O)C21NC(CCC(=O)O)[C@H]2C(=O)N(Cc3ccccc3)C(=O)[C@H]21. The van der Waals surface area contributed by atoms with E-state index in [-0.39, 0.29) is 25.3 Å². The first-order valence-corrected chi connectivity index (χ1v) is 11.1. The first kappa shape index (κ1) is 21.6. The molecule has 3 aliphatic rings. The summed E-state index contributed by atoms with van der Waals surface area (Å²) >= 11 is 6.26. The quantitative estimate of drug-likeness (QED) is 0.582. The number of imide groups is 1. The topological polar surface area (TPSA) is 116 Å². The molecule has 1 spiro atoms. The molecule has 2 aromatic carbocycles. The molecular formula is C24H22ClN3O5. The predicted octanol–water partition coefficient (Wildman–Crippen LogP) is 2.43. The van der Waals surface area contributed by atoms with Gasteiger partial charge in [0.25, 0.3) is 0 Å². The average molecular weight is 468 g/mol. The summed E-state index contributed by atoms with van der Waals surface area (Å²) in [5.41, 5.74) is 1.09. The molecule has 2 unspecified atom stereocenters. The maximum Gasteiger partial charge on any atom is 0.303 e. The van der Waals surface area contributed by atoms with Gasteiger partial charge in [0.1, 0.15) is 5.54 Å². The van der Waals surface area contributed by atoms with Crippen molar-refractivity contribution in [3.05, 3.63) is 64.2 Å². The standard InChI is InChI=1S/C24H22ClN3O5/c1-12-15(25)8-7-14-20(12)26-23(33)24(14)19-18(16(27-24)9-10-17(29)30)21(31)28(22(19)32)11-13-5-3-2-4-6-13/h2-8,16,18-19,27H,9-11H2,1H3,(H,26,33)(H,29,30)/t16?,18-,19+,24?/m1/s1. The summed E-state index contributed by atoms with van der Waals surface area (Å²) in [6, 6.07) is 11.9. The number of carbonyl (C=O) groups is 4. The van der Waals surface area contributed by atoms with E-state index in [1.54, 1.807) is 19.1 Å². The second kappa shape index (κ2) is 7.67. The largest absolute Gasteiger partial charge is 0.481 e. The first-order valence-electron chi connectivity index (χ1n) is 10.8. The van der Waals surface area contributed by atoms with E-state index < -0.39 is 41.2 Å². The number of amides is 3. The van der Waals surface area contributed by atoms with Crippen LogP contribution in [0.4, 0.5) is 5.69 Å². The summed E-state index contributed by atoms with van der Waals surface area (Å²) in [7, 11) is 0. The average Bonchev–Trinajstić information content (AvgIpc) is 3.37. The van der Waals surface area contributed by atoms with Crippen molar-refractivity contribution in [2.75, 3.05) is 5.32 Å². The number of carboxylic acids is 1. The fraction of sp³-hybridized carbons (Fsp3) is 0.333. The zero-order chi connectivity index (χ0) is 23.5. The highest BCUT2D eigenvalue weighted by Gasteiger charge is 2.70. The third kappa shape index (κ3) is 3.08. The van der Waals surface area contributed by atoms with Gasteiger partial charge in [-0.2, -0.15) is 0 Å². The number of hydrogen-bond acceptors (Lipinski definition) is 5. The number of carboxylic acid groups (broad SMARTS) is 1. The lowest BCUT2D eigenvalue weighted by Gasteiger charge is -2.29. The lowest BCUT2D eigenvalue weighted by molar-refractivity contribution is -0.144. The van der Waals surface area contributed by atoms with Gasteiger partial charge in [-0.05, 0) is 30.5 Å². The van der Waals surface area contributed by atoms with E-state index in [9.17, 15) is 24.3 Å². The van der Waals surface area contributed by atoms with E-state index in [0.717, 1.165) is 5.56 Å². The first-order chi connectivity index (χ1) is 15.8. The van der Waals surface area contributed by atoms with Crippen molar-refractivity contribution in [1.29, 1.82) is 0 Å². The highest BCUT2D eigenvalue weighted by atomic mass is 35.5. The van der Waals surface area contributed by atoms with E-state index in [4.69, 9.17) is 11.6 Å². The number of anilines is 1. The minimum atomic E-state index is -1.46. The van der Waals surface area contributed by atoms with Crippen LogP contribution < -0.4 is 10.6 Å². The summed E-state index contributed by atoms with van der Waals surface area (Å²) in [6.07, 6.45) is -0.0725. The number of likely N-dealkylation sites (tertiary alicyclic amines) is 1. The number of hydrogen-bond donors (Lipinski definition) is 3. The fourth-order valence-electron chi connectivity index (χ4n) is 5.50. The van der Waals surface area contributed by atoms with Gasteiger partial charge in [0, 0.05) is 23.0 Å². The van der Waals surface area contributed by atoms with Gasteiger partial charge in [-0.1, -0.05) is 48.0 Å². The predicted molar refractivity (Wildman–Crippen MR) is 119 cm³/mol. The Hall–Kier alpha value is -3.23. The molecule has 8 nitrogen and oxygen atoms in total. The van der Waals surface area contributed by atoms with Gasteiger partial charge < -0.3 is 10.4 Å². The fourth-order valence-corrected chi connectivity index (χ4v) is 5.66. The van der Waals surface area contributed by atoms with Crippen molar-refractivity contribution in [2.45, 2.75) is 37.9 Å². The van der Waals surface area contributed by atoms with Crippen LogP contribution in [-0.4, -0.2) is 39.7 Å². The number of nitrogens with zero attached hydrogens (tertiary/aromatic N) is 1. The Kier molecular flexibility index (Phi) is 5.02. The van der Waals surface area contributed by atoms with Gasteiger partial charge in [0.2, 0.25) is 17.7 Å². The number of carbonyl (C=O) groups excluding carboxylic acids is 3. The summed E-state index contributed by atoms with van der Waals surface area (Å²) in [5, 5.41) is 15.8. The molecule has 4 atom stereocenters. The summed E-state index contributed by atoms with van der Waals surface area (Å²) in [6.45, 7) is 1.87. The Balaban J connectivity index is 1.61. The molecule has 0 bridgehead atoms. The lowest BCUT2D eigenvalue weighted by Crippen LogP contribution is -2.53. The number of aliphatic carboxylic acids is 1. The van der Waals surface area contributed by atoms with Crippen LogP contribution in [0, 0.1) is 18.8 Å². The molecule has 0 aliphatic carbocycles. The maximum atomic E-state index is 13.7. The third-order valence-corrected chi connectivity index (χ3v) is 7.44. The van der Waals surface area contributed by atoms with Crippen molar-refractivity contribution in [1.82, 2.24) is 10.2 Å². The van der Waals surface area contributed by atoms with E-state index in [2.05, 4.69) is 10.6 Å². The van der Waals surface area contributed by atoms with E-state index in [0.29, 0.717) is 21.8 Å². The van der Waals surface area contributed by atoms with Crippen LogP contribution in [0.15, 0.2) is 42.5 Å². The number of rotatable bonds is 5. The zero-order valence-electron chi connectivity index (χ0n) is 17.8. The molecule has 9 heteroatoms. The lowest BCUT2D eigenvalue weighted by atomic mass is 9.76. The van der Waals surface area contributed by atoms with Gasteiger partial charge in [0.05, 0.1) is 24.1 Å². The molecule has 2 saturated heterocycles. The molecule has 33 heavy (non-hydrogen) atoms. The van der Waals surface area contributed by atoms with Crippen molar-refractivity contribution in [3.63, 3.8) is 0 Å². The van der Waals surface area contributed by atoms with Gasteiger partial charge in [-0.25, -0.2) is 0 Å². The minimum absolute atomic E-state index is 0.0986. The summed E-state index contributed by atoms with van der Waals surface area (Å²) < 4.78 is 0. The number of fused-ring (bicyclic) bond motifs is 4. The monoisotopic (exact) mass is 467 g/mol. The molecule has 2 aromatic rings. The van der Waals surface area contributed by atoms with Gasteiger partial charge in [0.15, 0.2) is 0 Å². The Bertz CT molecular complexity index is 1200. The Morgan fingerprint density at radius 2 is 1.85 bits per heavy atom. The number of benzene rings is 2. The van der Waals surface area contributed by atoms with Crippen LogP contribution in [0.3, 0.4) is 0 Å². The maximum absolute atomic E-state index is 13.7. The molecule has 3 N–H and O–H groups in total. The highest BCUT2D eigenvalue weighted by molar-refractivity contribution is 6.32. The van der Waals surface area contributed by atoms with Crippen LogP contribution in [0.2, 0.25) is 5.02 Å². The number of nitrogens with one attached hydrogen (secondary N) is 2. The van der Waals surface area contributed by atoms with E-state index in [1.807, 2.05) is 30.3 Å². The molecule has 170 valence electrons. The molecule has 0 saturated carbocycles. The molecule has 5 rings (SSSR count). The van der Waals surface area contributed by atoms with Crippen LogP contribution in [0.5, 0.6) is 0 Å². The molecule has 3 aliphatic heterocycles. The minimum Gasteiger partial charge on any atom is -0.481 e. The summed E-state index contributed by atoms with van der Waals surface area (Å²) in [5.74, 6) is -4.08. The van der Waals surface area contributed by atoms with E-state index in [1.165, 1.54) is 4.90 Å². The Labute approximate surface area is 194 Å². The Morgan fingerprint density at radius 3 is 2.55 bits per heavy atom. The van der Waals surface area contributed by atoms with Crippen molar-refractivity contribution >= 4 is 41.0 Å². The van der Waals surface area contributed by atoms with Crippen molar-refractivity contribution < 1.29 is 24.3 Å². The second-order valence-electron chi connectivity index (χ2n) is 8.79. The Morgan fingerprint density at radius 1 is 1.12 bits per heavy atom. The molecule has 0 radical (unpaired) electrons. The van der Waals surface area contributed by atoms with E-state index >= 15 is 0 Å². The zero-order valence-corrected chi connectivity index (χ0v) is 18.6. The van der Waals surface area contributed by atoms with Gasteiger partial charge in [-0.15, -0.1) is 0 Å². The van der Waals surface area contributed by atoms with Crippen LogP contribution >= 0.6 is 11.6 Å². The second-order valence-corrected chi connectivity index (χ2v) is 9.20. The highest BCUT2D eigenvalue weighted by Crippen LogP contribution is 2.54. The molecule has 2 fully saturated rings. The number of halogens is 1. The molecule has 3 heterocycles. The van der Waals surface area contributed by atoms with Crippen LogP contribution in [0.25, 0.3) is 0 Å². The van der Waals surface area contributed by atoms with Gasteiger partial charge in [-0.3, -0.25) is 29.4 Å². The van der Waals surface area contributed by atoms with Crippen LogP contribution in [0.1, 0.15) is 29.5 Å². The molecular weight excluding hydrogens is 446 g/mol. The molecule has 3 amide bonds. The third-order valence-electron chi connectivity index (χ3n) is 7.03. The molecule has 0 aromatic heterocycles. The smallest absolute Gasteiger partial charge is 0.303 e. The normalized spacial score (nSPS) is 27.8. The van der Waals surface area contributed by atoms with Crippen molar-refractivity contribution in [3.8, 4) is 0 Å². The summed E-state index contributed by atoms with van der Waals surface area (Å²) in [4.78, 5) is 53.1. The van der Waals surface area contributed by atoms with Crippen LogP contribution in [-0.2, 0) is 31.3 Å².